The average Bonchev–Trinajstić information content (AvgIpc) is 3.41. The molecule has 1 aromatic carbocycles. The van der Waals surface area contributed by atoms with Crippen LogP contribution in [-0.4, -0.2) is 69.2 Å². The molecule has 3 amide bonds. The Morgan fingerprint density at radius 1 is 1.26 bits per heavy atom. The number of hydrogen-bond acceptors (Lipinski definition) is 9. The first-order valence-electron chi connectivity index (χ1n) is 12.3. The van der Waals surface area contributed by atoms with Crippen molar-refractivity contribution in [2.45, 2.75) is 51.6 Å². The zero-order chi connectivity index (χ0) is 28.8. The molecule has 0 radical (unpaired) electrons. The average molecular weight is 563 g/mol. The van der Waals surface area contributed by atoms with Crippen molar-refractivity contribution in [1.82, 2.24) is 20.4 Å². The van der Waals surface area contributed by atoms with Gasteiger partial charge in [-0.1, -0.05) is 44.2 Å². The predicted molar refractivity (Wildman–Crippen MR) is 143 cm³/mol. The molecule has 0 saturated heterocycles. The largest absolute Gasteiger partial charge is 0.344 e. The highest BCUT2D eigenvalue weighted by Gasteiger charge is 2.35. The van der Waals surface area contributed by atoms with Gasteiger partial charge in [0.25, 0.3) is 0 Å². The van der Waals surface area contributed by atoms with Crippen LogP contribution in [0.3, 0.4) is 0 Å². The topological polar surface area (TPSA) is 183 Å². The molecule has 0 aliphatic rings. The fourth-order valence-corrected chi connectivity index (χ4v) is 4.53. The normalized spacial score (nSPS) is 13.5. The van der Waals surface area contributed by atoms with Crippen molar-refractivity contribution in [3.8, 4) is 0 Å². The van der Waals surface area contributed by atoms with Crippen molar-refractivity contribution in [2.75, 3.05) is 18.9 Å². The van der Waals surface area contributed by atoms with E-state index >= 15 is 0 Å². The molecule has 39 heavy (non-hydrogen) atoms. The molecule has 0 aliphatic heterocycles. The quantitative estimate of drug-likeness (QED) is 0.0864. The van der Waals surface area contributed by atoms with Gasteiger partial charge in [-0.05, 0) is 37.2 Å². The zero-order valence-electron chi connectivity index (χ0n) is 22.0. The summed E-state index contributed by atoms with van der Waals surface area (Å²) >= 11 is 1.22. The Labute approximate surface area is 230 Å². The van der Waals surface area contributed by atoms with Crippen LogP contribution in [0.15, 0.2) is 52.4 Å². The summed E-state index contributed by atoms with van der Waals surface area (Å²) in [5.74, 6) is -1.77. The molecule has 0 bridgehead atoms. The minimum absolute atomic E-state index is 0.0438. The van der Waals surface area contributed by atoms with Gasteiger partial charge < -0.3 is 20.7 Å². The van der Waals surface area contributed by atoms with Gasteiger partial charge in [0.1, 0.15) is 6.04 Å². The molecule has 0 fully saturated rings. The second-order valence-electron chi connectivity index (χ2n) is 9.31. The number of anilines is 1. The van der Waals surface area contributed by atoms with Crippen molar-refractivity contribution in [3.05, 3.63) is 57.6 Å². The molecule has 0 spiro atoms. The van der Waals surface area contributed by atoms with Gasteiger partial charge in [-0.25, -0.2) is 10.0 Å². The number of hydrogen-bond donors (Lipinski definition) is 3. The number of thiazole rings is 1. The van der Waals surface area contributed by atoms with E-state index in [1.807, 2.05) is 44.2 Å². The Bertz CT molecular complexity index is 1090. The van der Waals surface area contributed by atoms with Crippen LogP contribution >= 0.6 is 11.3 Å². The fraction of sp³-hybridized carbons (Fsp3) is 0.500. The number of amides is 3. The lowest BCUT2D eigenvalue weighted by atomic mass is 9.85. The van der Waals surface area contributed by atoms with Gasteiger partial charge in [-0.2, -0.15) is 5.01 Å². The van der Waals surface area contributed by atoms with Gasteiger partial charge in [0.2, 0.25) is 23.4 Å². The van der Waals surface area contributed by atoms with Crippen LogP contribution in [0, 0.1) is 22.0 Å². The van der Waals surface area contributed by atoms with E-state index in [9.17, 15) is 29.7 Å². The molecule has 0 unspecified atom stereocenters. The van der Waals surface area contributed by atoms with Crippen LogP contribution in [0.1, 0.15) is 38.7 Å². The van der Waals surface area contributed by atoms with Crippen LogP contribution in [-0.2, 0) is 20.8 Å². The number of carbonyl (C=O) groups is 3. The van der Waals surface area contributed by atoms with Crippen LogP contribution < -0.4 is 10.6 Å². The van der Waals surface area contributed by atoms with Gasteiger partial charge in [0.05, 0.1) is 23.5 Å². The minimum atomic E-state index is -0.988. The minimum Gasteiger partial charge on any atom is -0.344 e. The third-order valence-electron chi connectivity index (χ3n) is 5.80. The third kappa shape index (κ3) is 11.1. The summed E-state index contributed by atoms with van der Waals surface area (Å²) < 4.78 is 0. The van der Waals surface area contributed by atoms with Crippen molar-refractivity contribution >= 4 is 34.7 Å². The lowest BCUT2D eigenvalue weighted by Crippen LogP contribution is -2.52. The van der Waals surface area contributed by atoms with E-state index in [2.05, 4.69) is 26.1 Å². The van der Waals surface area contributed by atoms with Gasteiger partial charge >= 0.3 is 0 Å². The Balaban J connectivity index is 2.24. The molecule has 0 saturated carbocycles. The SMILES string of the molecule is CC(C)C[C@@H](C(=O)N[C@@H](CCCN(C)N=N[N+](=O)[O-])C(=O)Nc1nccs1)[C@H](Cc1ccccc1)N(O)C=O. The van der Waals surface area contributed by atoms with E-state index in [0.717, 1.165) is 5.56 Å². The monoisotopic (exact) mass is 562 g/mol. The first kappa shape index (κ1) is 31.2. The molecule has 3 N–H and O–H groups in total. The van der Waals surface area contributed by atoms with Gasteiger partial charge in [0.15, 0.2) is 10.4 Å². The molecule has 1 heterocycles. The smallest absolute Gasteiger partial charge is 0.248 e. The fourth-order valence-electron chi connectivity index (χ4n) is 4.00. The highest BCUT2D eigenvalue weighted by atomic mass is 32.1. The van der Waals surface area contributed by atoms with Gasteiger partial charge in [-0.15, -0.1) is 11.3 Å². The summed E-state index contributed by atoms with van der Waals surface area (Å²) in [4.78, 5) is 52.8. The first-order valence-corrected chi connectivity index (χ1v) is 13.2. The highest BCUT2D eigenvalue weighted by Crippen LogP contribution is 2.23. The Kier molecular flexibility index (Phi) is 12.9. The molecule has 14 nitrogen and oxygen atoms in total. The molecule has 212 valence electrons. The van der Waals surface area contributed by atoms with E-state index in [1.165, 1.54) is 29.6 Å². The van der Waals surface area contributed by atoms with Crippen molar-refractivity contribution in [1.29, 1.82) is 0 Å². The van der Waals surface area contributed by atoms with E-state index in [1.54, 1.807) is 5.38 Å². The number of nitrogens with zero attached hydrogens (tertiary/aromatic N) is 6. The number of rotatable bonds is 17. The first-order chi connectivity index (χ1) is 18.6. The van der Waals surface area contributed by atoms with Crippen molar-refractivity contribution < 1.29 is 24.6 Å². The summed E-state index contributed by atoms with van der Waals surface area (Å²) in [7, 11) is 1.50. The van der Waals surface area contributed by atoms with Crippen LogP contribution in [0.4, 0.5) is 5.13 Å². The number of nitrogens with one attached hydrogen (secondary N) is 2. The number of carbonyl (C=O) groups excluding carboxylic acids is 3. The highest BCUT2D eigenvalue weighted by molar-refractivity contribution is 7.13. The molecular weight excluding hydrogens is 528 g/mol. The summed E-state index contributed by atoms with van der Waals surface area (Å²) in [5, 5.41) is 35.5. The maximum atomic E-state index is 13.6. The van der Waals surface area contributed by atoms with Crippen molar-refractivity contribution in [2.24, 2.45) is 22.3 Å². The number of benzene rings is 1. The second-order valence-corrected chi connectivity index (χ2v) is 10.2. The van der Waals surface area contributed by atoms with E-state index in [0.29, 0.717) is 23.0 Å². The van der Waals surface area contributed by atoms with Crippen LogP contribution in [0.2, 0.25) is 0 Å². The number of aromatic nitrogens is 1. The molecule has 2 rings (SSSR count). The molecule has 15 heteroatoms. The Morgan fingerprint density at radius 2 is 1.97 bits per heavy atom. The lowest BCUT2D eigenvalue weighted by Gasteiger charge is -2.32. The standard InChI is InChI=1S/C24H34N8O6S/c1-17(2)14-19(21(31(36)16-33)15-18-8-5-4-6-9-18)22(34)26-20(23(35)27-24-25-11-13-39-24)10-7-12-30(3)28-29-32(37)38/h4-6,8-9,11,13,16-17,19-21,36H,7,10,12,14-15H2,1-3H3,(H,26,34)(H,25,27,35)/t19-,20+,21+/m1/s1. The molecular formula is C24H34N8O6S. The lowest BCUT2D eigenvalue weighted by molar-refractivity contribution is -0.496. The Hall–Kier alpha value is -3.98. The van der Waals surface area contributed by atoms with Crippen LogP contribution in [0.25, 0.3) is 0 Å². The molecule has 1 aromatic heterocycles. The van der Waals surface area contributed by atoms with Gasteiger partial charge in [-0.3, -0.25) is 19.6 Å². The second kappa shape index (κ2) is 16.1. The Morgan fingerprint density at radius 3 is 2.56 bits per heavy atom. The third-order valence-corrected chi connectivity index (χ3v) is 6.49. The van der Waals surface area contributed by atoms with Crippen LogP contribution in [0.5, 0.6) is 0 Å². The molecule has 2 aromatic rings. The maximum absolute atomic E-state index is 13.6. The summed E-state index contributed by atoms with van der Waals surface area (Å²) in [6.45, 7) is 4.07. The van der Waals surface area contributed by atoms with E-state index < -0.39 is 34.8 Å². The number of hydroxylamine groups is 2. The number of nitro groups is 1. The molecule has 0 aliphatic carbocycles. The maximum Gasteiger partial charge on any atom is 0.248 e. The van der Waals surface area contributed by atoms with E-state index in [-0.39, 0.29) is 31.7 Å². The van der Waals surface area contributed by atoms with Crippen molar-refractivity contribution in [3.63, 3.8) is 0 Å². The summed E-state index contributed by atoms with van der Waals surface area (Å²) in [5.41, 5.74) is 0.829. The summed E-state index contributed by atoms with van der Waals surface area (Å²) in [6, 6.07) is 7.32. The van der Waals surface area contributed by atoms with E-state index in [4.69, 9.17) is 0 Å². The van der Waals surface area contributed by atoms with Gasteiger partial charge in [0, 0.05) is 18.6 Å². The zero-order valence-corrected chi connectivity index (χ0v) is 22.9. The predicted octanol–water partition coefficient (Wildman–Crippen LogP) is 2.96. The summed E-state index contributed by atoms with van der Waals surface area (Å²) in [6.07, 6.45) is 2.89. The molecule has 3 atom stereocenters.